The van der Waals surface area contributed by atoms with E-state index in [1.54, 1.807) is 6.92 Å². The quantitative estimate of drug-likeness (QED) is 0.642. The van der Waals surface area contributed by atoms with Crippen LogP contribution in [0, 0.1) is 0 Å². The molecule has 2 N–H and O–H groups in total. The molecule has 2 atom stereocenters. The molecule has 1 rings (SSSR count). The first-order valence-corrected chi connectivity index (χ1v) is 6.48. The van der Waals surface area contributed by atoms with Crippen molar-refractivity contribution in [2.24, 2.45) is 0 Å². The zero-order chi connectivity index (χ0) is 13.1. The second kappa shape index (κ2) is 5.61. The Hall–Kier alpha value is -0.930. The summed E-state index contributed by atoms with van der Waals surface area (Å²) >= 11 is 0. The molecule has 0 saturated carbocycles. The zero-order valence-corrected chi connectivity index (χ0v) is 11.1. The summed E-state index contributed by atoms with van der Waals surface area (Å²) in [5, 5.41) is 9.97. The first-order chi connectivity index (χ1) is 7.84. The molecule has 0 heterocycles. The number of rotatable bonds is 4. The van der Waals surface area contributed by atoms with Gasteiger partial charge in [-0.05, 0) is 37.5 Å². The third kappa shape index (κ3) is 3.79. The lowest BCUT2D eigenvalue weighted by atomic mass is 9.98. The Kier molecular flexibility index (Phi) is 4.66. The molecule has 5 heteroatoms. The summed E-state index contributed by atoms with van der Waals surface area (Å²) in [6.45, 7) is 4.86. The minimum Gasteiger partial charge on any atom is -0.362 e. The highest BCUT2D eigenvalue weighted by molar-refractivity contribution is 7.32. The Morgan fingerprint density at radius 1 is 1.29 bits per heavy atom. The second-order valence-corrected chi connectivity index (χ2v) is 4.70. The summed E-state index contributed by atoms with van der Waals surface area (Å²) in [4.78, 5) is 8.73. The molecule has 0 amide bonds. The predicted molar refractivity (Wildman–Crippen MR) is 67.6 cm³/mol. The van der Waals surface area contributed by atoms with Crippen molar-refractivity contribution in [1.82, 2.24) is 0 Å². The maximum Gasteiger partial charge on any atom is 0.319 e. The van der Waals surface area contributed by atoms with E-state index in [9.17, 15) is 9.67 Å². The van der Waals surface area contributed by atoms with Crippen LogP contribution in [0.2, 0.25) is 0 Å². The van der Waals surface area contributed by atoms with Crippen molar-refractivity contribution in [2.45, 2.75) is 26.6 Å². The van der Waals surface area contributed by atoms with Gasteiger partial charge in [0.2, 0.25) is 0 Å². The van der Waals surface area contributed by atoms with E-state index >= 15 is 0 Å². The van der Waals surface area contributed by atoms with E-state index in [0.29, 0.717) is 5.57 Å². The molecule has 94 valence electrons. The van der Waals surface area contributed by atoms with E-state index in [2.05, 4.69) is 4.52 Å². The Morgan fingerprint density at radius 3 is 2.29 bits per heavy atom. The SMILES string of the molecule is C/C(=C(/C)[C@@](C)(O)O[PH](=O)O)c1ccccc1. The van der Waals surface area contributed by atoms with Gasteiger partial charge in [-0.25, -0.2) is 0 Å². The van der Waals surface area contributed by atoms with E-state index in [1.165, 1.54) is 6.92 Å². The molecule has 0 spiro atoms. The van der Waals surface area contributed by atoms with Gasteiger partial charge in [0.15, 0.2) is 5.79 Å². The average molecular weight is 256 g/mol. The number of benzene rings is 1. The van der Waals surface area contributed by atoms with Crippen molar-refractivity contribution >= 4 is 13.8 Å². The zero-order valence-electron chi connectivity index (χ0n) is 10.1. The Balaban J connectivity index is 3.09. The Labute approximate surface area is 102 Å². The standard InChI is InChI=1S/C12H17O4P/c1-9(11-7-5-4-6-8-11)10(2)12(3,13)16-17(14)15/h4-8,13,17H,1-3H3,(H,14,15)/b10-9+/t12-/m0/s1. The van der Waals surface area contributed by atoms with Crippen molar-refractivity contribution in [3.8, 4) is 0 Å². The van der Waals surface area contributed by atoms with Crippen molar-refractivity contribution in [3.63, 3.8) is 0 Å². The fraction of sp³-hybridized carbons (Fsp3) is 0.333. The highest BCUT2D eigenvalue weighted by Crippen LogP contribution is 2.33. The topological polar surface area (TPSA) is 66.8 Å². The van der Waals surface area contributed by atoms with Gasteiger partial charge in [0.1, 0.15) is 0 Å². The van der Waals surface area contributed by atoms with Crippen molar-refractivity contribution < 1.29 is 19.1 Å². The maximum absolute atomic E-state index is 10.7. The van der Waals surface area contributed by atoms with E-state index < -0.39 is 14.0 Å². The van der Waals surface area contributed by atoms with Crippen LogP contribution in [0.3, 0.4) is 0 Å². The van der Waals surface area contributed by atoms with E-state index in [4.69, 9.17) is 4.89 Å². The van der Waals surface area contributed by atoms with Gasteiger partial charge >= 0.3 is 8.25 Å². The minimum absolute atomic E-state index is 0.510. The monoisotopic (exact) mass is 256 g/mol. The Morgan fingerprint density at radius 2 is 1.82 bits per heavy atom. The largest absolute Gasteiger partial charge is 0.362 e. The lowest BCUT2D eigenvalue weighted by Crippen LogP contribution is -2.27. The van der Waals surface area contributed by atoms with E-state index in [1.807, 2.05) is 37.3 Å². The van der Waals surface area contributed by atoms with Crippen LogP contribution in [0.1, 0.15) is 26.3 Å². The number of hydrogen-bond donors (Lipinski definition) is 2. The number of aliphatic hydroxyl groups is 1. The molecule has 0 aromatic heterocycles. The van der Waals surface area contributed by atoms with E-state index in [0.717, 1.165) is 11.1 Å². The summed E-state index contributed by atoms with van der Waals surface area (Å²) < 4.78 is 15.3. The number of hydrogen-bond acceptors (Lipinski definition) is 3. The summed E-state index contributed by atoms with van der Waals surface area (Å²) in [6.07, 6.45) is 0. The molecule has 1 aromatic carbocycles. The molecule has 0 aliphatic rings. The van der Waals surface area contributed by atoms with Crippen LogP contribution in [0.15, 0.2) is 35.9 Å². The van der Waals surface area contributed by atoms with Crippen molar-refractivity contribution in [3.05, 3.63) is 41.5 Å². The van der Waals surface area contributed by atoms with Crippen LogP contribution in [0.4, 0.5) is 0 Å². The van der Waals surface area contributed by atoms with Crippen molar-refractivity contribution in [1.29, 1.82) is 0 Å². The smallest absolute Gasteiger partial charge is 0.319 e. The average Bonchev–Trinajstić information content (AvgIpc) is 2.26. The van der Waals surface area contributed by atoms with Crippen LogP contribution in [-0.4, -0.2) is 15.8 Å². The van der Waals surface area contributed by atoms with Gasteiger partial charge in [0.25, 0.3) is 0 Å². The molecule has 0 radical (unpaired) electrons. The number of allylic oxidation sites excluding steroid dienone is 1. The van der Waals surface area contributed by atoms with Gasteiger partial charge in [-0.2, -0.15) is 0 Å². The molecule has 0 aliphatic heterocycles. The lowest BCUT2D eigenvalue weighted by Gasteiger charge is -2.25. The summed E-state index contributed by atoms with van der Waals surface area (Å²) in [5.41, 5.74) is 2.27. The minimum atomic E-state index is -3.18. The summed E-state index contributed by atoms with van der Waals surface area (Å²) in [7, 11) is -3.18. The van der Waals surface area contributed by atoms with Crippen LogP contribution < -0.4 is 0 Å². The van der Waals surface area contributed by atoms with Crippen LogP contribution in [0.25, 0.3) is 5.57 Å². The van der Waals surface area contributed by atoms with Gasteiger partial charge in [-0.3, -0.25) is 9.09 Å². The molecule has 0 fully saturated rings. The molecule has 0 bridgehead atoms. The third-order valence-corrected chi connectivity index (χ3v) is 3.32. The molecule has 1 unspecified atom stereocenters. The summed E-state index contributed by atoms with van der Waals surface area (Å²) in [6, 6.07) is 9.47. The highest BCUT2D eigenvalue weighted by atomic mass is 31.1. The molecule has 1 aromatic rings. The van der Waals surface area contributed by atoms with Gasteiger partial charge in [-0.15, -0.1) is 0 Å². The van der Waals surface area contributed by atoms with Crippen LogP contribution in [-0.2, 0) is 9.09 Å². The molecule has 0 aliphatic carbocycles. The molecule has 4 nitrogen and oxygen atoms in total. The van der Waals surface area contributed by atoms with Gasteiger partial charge in [-0.1, -0.05) is 30.3 Å². The fourth-order valence-electron chi connectivity index (χ4n) is 1.50. The normalized spacial score (nSPS) is 18.2. The van der Waals surface area contributed by atoms with Crippen LogP contribution in [0.5, 0.6) is 0 Å². The van der Waals surface area contributed by atoms with E-state index in [-0.39, 0.29) is 0 Å². The van der Waals surface area contributed by atoms with Crippen molar-refractivity contribution in [2.75, 3.05) is 0 Å². The Bertz CT molecular complexity index is 437. The molecule has 17 heavy (non-hydrogen) atoms. The molecule has 0 saturated heterocycles. The molecular formula is C12H17O4P. The first-order valence-electron chi connectivity index (χ1n) is 5.22. The fourth-order valence-corrected chi connectivity index (χ4v) is 1.99. The van der Waals surface area contributed by atoms with Gasteiger partial charge in [0, 0.05) is 0 Å². The van der Waals surface area contributed by atoms with Gasteiger partial charge in [0.05, 0.1) is 0 Å². The molecular weight excluding hydrogens is 239 g/mol. The predicted octanol–water partition coefficient (Wildman–Crippen LogP) is 2.59. The third-order valence-electron chi connectivity index (χ3n) is 2.75. The lowest BCUT2D eigenvalue weighted by molar-refractivity contribution is -0.0878. The highest BCUT2D eigenvalue weighted by Gasteiger charge is 2.27. The second-order valence-electron chi connectivity index (χ2n) is 3.97. The maximum atomic E-state index is 10.7. The van der Waals surface area contributed by atoms with Gasteiger partial charge < -0.3 is 10.00 Å². The van der Waals surface area contributed by atoms with Crippen LogP contribution >= 0.6 is 8.25 Å². The summed E-state index contributed by atoms with van der Waals surface area (Å²) in [5.74, 6) is -1.73. The first kappa shape index (κ1) is 14.1.